The molecule has 6 aromatic rings. The average Bonchev–Trinajstić information content (AvgIpc) is 3.51. The van der Waals surface area contributed by atoms with Crippen molar-refractivity contribution >= 4 is 17.1 Å². The van der Waals surface area contributed by atoms with E-state index in [0.717, 1.165) is 17.4 Å². The van der Waals surface area contributed by atoms with Gasteiger partial charge in [-0.3, -0.25) is 13.5 Å². The SMILES string of the molecule is Fc1cc(F)c(-n2cccn2)[c-]c1Oc1[c-]c(Oc2ccccn2)cc(N(c2ccccc2)c2ccccc2)c1.[Pd+2]. The molecule has 0 unspecified atom stereocenters. The zero-order valence-electron chi connectivity index (χ0n) is 21.2. The van der Waals surface area contributed by atoms with Gasteiger partial charge in [-0.25, -0.2) is 4.98 Å². The molecule has 0 bridgehead atoms. The summed E-state index contributed by atoms with van der Waals surface area (Å²) in [5.74, 6) is -1.35. The summed E-state index contributed by atoms with van der Waals surface area (Å²) in [6.07, 6.45) is 4.62. The second kappa shape index (κ2) is 12.6. The zero-order valence-corrected chi connectivity index (χ0v) is 22.8. The van der Waals surface area contributed by atoms with Gasteiger partial charge in [0.15, 0.2) is 0 Å². The fourth-order valence-corrected chi connectivity index (χ4v) is 4.09. The van der Waals surface area contributed by atoms with Crippen LogP contribution in [0.4, 0.5) is 25.8 Å². The molecule has 4 aromatic carbocycles. The van der Waals surface area contributed by atoms with Crippen molar-refractivity contribution in [1.82, 2.24) is 14.8 Å². The van der Waals surface area contributed by atoms with Crippen LogP contribution in [0.25, 0.3) is 5.69 Å². The van der Waals surface area contributed by atoms with Gasteiger partial charge in [-0.1, -0.05) is 60.3 Å². The molecule has 0 aliphatic carbocycles. The molecule has 0 saturated carbocycles. The molecule has 41 heavy (non-hydrogen) atoms. The Morgan fingerprint density at radius 2 is 1.32 bits per heavy atom. The summed E-state index contributed by atoms with van der Waals surface area (Å²) in [4.78, 5) is 6.22. The van der Waals surface area contributed by atoms with Gasteiger partial charge in [-0.2, -0.15) is 5.10 Å². The first-order chi connectivity index (χ1) is 19.6. The van der Waals surface area contributed by atoms with Gasteiger partial charge in [0.05, 0.1) is 5.82 Å². The molecule has 6 rings (SSSR count). The Morgan fingerprint density at radius 3 is 1.93 bits per heavy atom. The molecule has 0 saturated heterocycles. The molecule has 0 spiro atoms. The molecule has 9 heteroatoms. The Labute approximate surface area is 249 Å². The van der Waals surface area contributed by atoms with E-state index in [4.69, 9.17) is 9.47 Å². The summed E-state index contributed by atoms with van der Waals surface area (Å²) in [6, 6.07) is 36.2. The van der Waals surface area contributed by atoms with Crippen LogP contribution in [-0.2, 0) is 20.4 Å². The number of para-hydroxylation sites is 2. The smallest absolute Gasteiger partial charge is 0.506 e. The number of pyridine rings is 1. The number of halogens is 2. The van der Waals surface area contributed by atoms with E-state index in [1.165, 1.54) is 17.1 Å². The largest absolute Gasteiger partial charge is 2.00 e. The van der Waals surface area contributed by atoms with Gasteiger partial charge in [0.25, 0.3) is 0 Å². The summed E-state index contributed by atoms with van der Waals surface area (Å²) in [5, 5.41) is 4.02. The molecule has 0 amide bonds. The van der Waals surface area contributed by atoms with Crippen LogP contribution in [0.3, 0.4) is 0 Å². The van der Waals surface area contributed by atoms with Crippen molar-refractivity contribution in [2.24, 2.45) is 0 Å². The maximum Gasteiger partial charge on any atom is 2.00 e. The van der Waals surface area contributed by atoms with Crippen LogP contribution in [0.5, 0.6) is 23.1 Å². The first-order valence-corrected chi connectivity index (χ1v) is 12.3. The molecule has 0 aliphatic heterocycles. The van der Waals surface area contributed by atoms with Gasteiger partial charge in [0, 0.05) is 59.1 Å². The van der Waals surface area contributed by atoms with E-state index in [0.29, 0.717) is 11.6 Å². The van der Waals surface area contributed by atoms with Gasteiger partial charge in [-0.15, -0.1) is 18.2 Å². The van der Waals surface area contributed by atoms with Crippen molar-refractivity contribution in [1.29, 1.82) is 0 Å². The molecule has 0 aliphatic rings. The van der Waals surface area contributed by atoms with Crippen LogP contribution in [-0.4, -0.2) is 14.8 Å². The third-order valence-corrected chi connectivity index (χ3v) is 5.82. The predicted molar refractivity (Wildman–Crippen MR) is 147 cm³/mol. The van der Waals surface area contributed by atoms with Crippen molar-refractivity contribution in [2.45, 2.75) is 0 Å². The second-order valence-electron chi connectivity index (χ2n) is 8.54. The molecule has 0 radical (unpaired) electrons. The predicted octanol–water partition coefficient (Wildman–Crippen LogP) is 8.20. The third kappa shape index (κ3) is 6.33. The summed E-state index contributed by atoms with van der Waals surface area (Å²) in [6.45, 7) is 0. The molecule has 0 N–H and O–H groups in total. The molecule has 0 atom stereocenters. The molecular formula is C32H20F2N4O2Pd. The van der Waals surface area contributed by atoms with E-state index in [2.05, 4.69) is 22.2 Å². The quantitative estimate of drug-likeness (QED) is 0.125. The monoisotopic (exact) mass is 636 g/mol. The number of benzene rings is 4. The van der Waals surface area contributed by atoms with Crippen LogP contribution >= 0.6 is 0 Å². The standard InChI is InChI=1S/C32H20F2N4O2.Pd/c33-28-21-29(34)31(22-30(28)37-17-9-16-36-37)39-26-18-25(19-27(20-26)40-32-14-7-8-15-35-32)38(23-10-3-1-4-11-23)24-12-5-2-6-13-24;/h1-19,21H;/q-2;+2. The summed E-state index contributed by atoms with van der Waals surface area (Å²) < 4.78 is 42.6. The fraction of sp³-hybridized carbons (Fsp3) is 0. The Kier molecular flexibility index (Phi) is 8.49. The topological polar surface area (TPSA) is 52.4 Å². The van der Waals surface area contributed by atoms with Gasteiger partial charge in [0.2, 0.25) is 5.88 Å². The van der Waals surface area contributed by atoms with Crippen molar-refractivity contribution in [3.05, 3.63) is 145 Å². The molecule has 204 valence electrons. The second-order valence-corrected chi connectivity index (χ2v) is 8.54. The van der Waals surface area contributed by atoms with Crippen molar-refractivity contribution in [3.63, 3.8) is 0 Å². The van der Waals surface area contributed by atoms with E-state index in [1.807, 2.05) is 65.6 Å². The molecule has 6 nitrogen and oxygen atoms in total. The van der Waals surface area contributed by atoms with Crippen LogP contribution < -0.4 is 14.4 Å². The fourth-order valence-electron chi connectivity index (χ4n) is 4.09. The Balaban J connectivity index is 0.00000337. The van der Waals surface area contributed by atoms with E-state index < -0.39 is 11.6 Å². The van der Waals surface area contributed by atoms with Crippen LogP contribution in [0.2, 0.25) is 0 Å². The molecule has 2 aromatic heterocycles. The van der Waals surface area contributed by atoms with Crippen molar-refractivity contribution in [3.8, 4) is 28.8 Å². The van der Waals surface area contributed by atoms with E-state index in [1.54, 1.807) is 42.6 Å². The van der Waals surface area contributed by atoms with Crippen molar-refractivity contribution in [2.75, 3.05) is 4.90 Å². The third-order valence-electron chi connectivity index (χ3n) is 5.82. The summed E-state index contributed by atoms with van der Waals surface area (Å²) in [5.41, 5.74) is 2.30. The minimum atomic E-state index is -0.928. The average molecular weight is 637 g/mol. The van der Waals surface area contributed by atoms with E-state index in [9.17, 15) is 8.78 Å². The Hall–Kier alpha value is -4.84. The van der Waals surface area contributed by atoms with Crippen LogP contribution in [0, 0.1) is 23.8 Å². The maximum absolute atomic E-state index is 14.9. The number of hydrogen-bond donors (Lipinski definition) is 0. The molecule has 0 fully saturated rings. The van der Waals surface area contributed by atoms with Crippen LogP contribution in [0.15, 0.2) is 122 Å². The Morgan fingerprint density at radius 1 is 0.659 bits per heavy atom. The van der Waals surface area contributed by atoms with E-state index >= 15 is 0 Å². The number of ether oxygens (including phenoxy) is 2. The molecular weight excluding hydrogens is 617 g/mol. The first kappa shape index (κ1) is 27.7. The first-order valence-electron chi connectivity index (χ1n) is 12.3. The maximum atomic E-state index is 14.9. The van der Waals surface area contributed by atoms with E-state index in [-0.39, 0.29) is 43.4 Å². The normalized spacial score (nSPS) is 10.5. The Bertz CT molecular complexity index is 1680. The summed E-state index contributed by atoms with van der Waals surface area (Å²) >= 11 is 0. The number of nitrogens with zero attached hydrogens (tertiary/aromatic N) is 4. The van der Waals surface area contributed by atoms with Gasteiger partial charge < -0.3 is 14.4 Å². The minimum absolute atomic E-state index is 0. The number of hydrogen-bond acceptors (Lipinski definition) is 5. The number of aromatic nitrogens is 3. The number of anilines is 3. The van der Waals surface area contributed by atoms with Crippen LogP contribution in [0.1, 0.15) is 0 Å². The van der Waals surface area contributed by atoms with Gasteiger partial charge >= 0.3 is 20.4 Å². The van der Waals surface area contributed by atoms with Crippen molar-refractivity contribution < 1.29 is 38.7 Å². The van der Waals surface area contributed by atoms with Gasteiger partial charge in [0.1, 0.15) is 0 Å². The minimum Gasteiger partial charge on any atom is -0.506 e. The molecule has 2 heterocycles. The number of rotatable bonds is 8. The summed E-state index contributed by atoms with van der Waals surface area (Å²) in [7, 11) is 0. The van der Waals surface area contributed by atoms with Gasteiger partial charge in [-0.05, 0) is 42.1 Å². The zero-order chi connectivity index (χ0) is 27.3.